The highest BCUT2D eigenvalue weighted by Crippen LogP contribution is 2.27. The molecule has 45 heavy (non-hydrogen) atoms. The Bertz CT molecular complexity index is 1580. The molecule has 0 aromatic heterocycles. The van der Waals surface area contributed by atoms with Crippen molar-refractivity contribution in [2.45, 2.75) is 45.9 Å². The summed E-state index contributed by atoms with van der Waals surface area (Å²) in [6.07, 6.45) is 1.47. The summed E-state index contributed by atoms with van der Waals surface area (Å²) in [6.45, 7) is 13.5. The highest BCUT2D eigenvalue weighted by atomic mass is 16.5. The fraction of sp³-hybridized carbons (Fsp3) is 0.242. The van der Waals surface area contributed by atoms with Crippen LogP contribution in [0, 0.1) is 13.8 Å². The van der Waals surface area contributed by atoms with E-state index in [-0.39, 0.29) is 18.9 Å². The smallest absolute Gasteiger partial charge is 0.248 e. The molecule has 12 nitrogen and oxygen atoms in total. The molecule has 8 N–H and O–H groups in total. The van der Waals surface area contributed by atoms with Crippen LogP contribution in [0.3, 0.4) is 0 Å². The van der Waals surface area contributed by atoms with Gasteiger partial charge in [0.15, 0.2) is 0 Å². The van der Waals surface area contributed by atoms with Crippen LogP contribution in [-0.4, -0.2) is 42.7 Å². The van der Waals surface area contributed by atoms with Crippen molar-refractivity contribution >= 4 is 29.9 Å². The monoisotopic (exact) mass is 611 g/mol. The Morgan fingerprint density at radius 1 is 1.07 bits per heavy atom. The first-order chi connectivity index (χ1) is 21.5. The Kier molecular flexibility index (Phi) is 12.0. The number of nitrogens with one attached hydrogen (secondary N) is 2. The van der Waals surface area contributed by atoms with Gasteiger partial charge in [0, 0.05) is 29.4 Å². The molecule has 3 aromatic rings. The predicted octanol–water partition coefficient (Wildman–Crippen LogP) is 3.75. The second kappa shape index (κ2) is 15.8. The standard InChI is InChI=1S/C33H41N9O3/c1-20-14-26(32(35)43)15-21(2)27(20)17-29(34)33(44)42(23(4)38-18-30(37-5)25-10-8-7-9-11-25)19-24-12-13-31(45-6)28(16-24)22(3)39-41-40-36/h7-16,18,23,29,38H,3,5,17,19,34H2,1-2,4,6H3,(H2,35,43)(H2,36,41)(H,39,40)/b30-18-/t23?,29-/m0/s1. The quantitative estimate of drug-likeness (QED) is 0.0569. The van der Waals surface area contributed by atoms with E-state index < -0.39 is 18.1 Å². The third-order valence-electron chi connectivity index (χ3n) is 7.36. The summed E-state index contributed by atoms with van der Waals surface area (Å²) in [6, 6.07) is 17.6. The van der Waals surface area contributed by atoms with Crippen LogP contribution in [-0.2, 0) is 17.8 Å². The molecule has 0 aliphatic heterocycles. The van der Waals surface area contributed by atoms with Gasteiger partial charge in [-0.3, -0.25) is 20.0 Å². The number of hydrogen-bond acceptors (Lipinski definition) is 8. The van der Waals surface area contributed by atoms with E-state index in [1.807, 2.05) is 63.2 Å². The van der Waals surface area contributed by atoms with E-state index in [4.69, 9.17) is 22.0 Å². The Morgan fingerprint density at radius 3 is 2.31 bits per heavy atom. The summed E-state index contributed by atoms with van der Waals surface area (Å²) >= 11 is 0. The number of nitrogens with zero attached hydrogens (tertiary/aromatic N) is 4. The van der Waals surface area contributed by atoms with Gasteiger partial charge in [0.1, 0.15) is 5.75 Å². The average molecular weight is 612 g/mol. The third kappa shape index (κ3) is 8.77. The van der Waals surface area contributed by atoms with Gasteiger partial charge in [-0.15, -0.1) is 0 Å². The second-order valence-corrected chi connectivity index (χ2v) is 10.5. The average Bonchev–Trinajstić information content (AvgIpc) is 3.04. The van der Waals surface area contributed by atoms with Crippen molar-refractivity contribution in [3.63, 3.8) is 0 Å². The topological polar surface area (TPSA) is 186 Å². The molecule has 236 valence electrons. The summed E-state index contributed by atoms with van der Waals surface area (Å²) in [5.74, 6) is 4.87. The van der Waals surface area contributed by atoms with E-state index >= 15 is 0 Å². The summed E-state index contributed by atoms with van der Waals surface area (Å²) in [5.41, 5.74) is 21.0. The number of primary amides is 1. The number of rotatable bonds is 15. The lowest BCUT2D eigenvalue weighted by Crippen LogP contribution is -2.52. The molecule has 0 aliphatic carbocycles. The van der Waals surface area contributed by atoms with Gasteiger partial charge in [0.05, 0.1) is 30.7 Å². The van der Waals surface area contributed by atoms with Gasteiger partial charge >= 0.3 is 0 Å². The molecule has 3 rings (SSSR count). The minimum Gasteiger partial charge on any atom is -0.496 e. The highest BCUT2D eigenvalue weighted by molar-refractivity contribution is 5.93. The number of aliphatic imine (C=N–C) groups is 1. The molecule has 0 spiro atoms. The van der Waals surface area contributed by atoms with E-state index in [1.54, 1.807) is 36.4 Å². The van der Waals surface area contributed by atoms with Crippen molar-refractivity contribution in [3.05, 3.63) is 112 Å². The molecule has 0 aliphatic rings. The molecule has 0 saturated heterocycles. The Morgan fingerprint density at radius 2 is 1.73 bits per heavy atom. The number of aryl methyl sites for hydroxylation is 2. The van der Waals surface area contributed by atoms with Crippen LogP contribution in [0.2, 0.25) is 0 Å². The fourth-order valence-corrected chi connectivity index (χ4v) is 4.94. The lowest BCUT2D eigenvalue weighted by atomic mass is 9.93. The first-order valence-electron chi connectivity index (χ1n) is 14.2. The Labute approximate surface area is 263 Å². The summed E-state index contributed by atoms with van der Waals surface area (Å²) in [5, 5.41) is 10.1. The molecule has 2 atom stereocenters. The van der Waals surface area contributed by atoms with E-state index in [2.05, 4.69) is 39.5 Å². The molecule has 0 radical (unpaired) electrons. The molecular formula is C33H41N9O3. The number of benzene rings is 3. The summed E-state index contributed by atoms with van der Waals surface area (Å²) in [7, 11) is 1.54. The Hall–Kier alpha value is -5.49. The molecule has 12 heteroatoms. The zero-order valence-corrected chi connectivity index (χ0v) is 26.1. The molecule has 0 fully saturated rings. The number of methoxy groups -OCH3 is 1. The first-order valence-corrected chi connectivity index (χ1v) is 14.2. The number of carbonyl (C=O) groups excluding carboxylic acids is 2. The predicted molar refractivity (Wildman–Crippen MR) is 177 cm³/mol. The number of ether oxygens (including phenoxy) is 1. The van der Waals surface area contributed by atoms with Crippen LogP contribution in [0.25, 0.3) is 11.4 Å². The van der Waals surface area contributed by atoms with Crippen LogP contribution < -0.4 is 32.8 Å². The number of amides is 2. The second-order valence-electron chi connectivity index (χ2n) is 10.5. The van der Waals surface area contributed by atoms with Gasteiger partial charge in [-0.25, -0.2) is 0 Å². The molecule has 1 unspecified atom stereocenters. The zero-order chi connectivity index (χ0) is 33.1. The maximum absolute atomic E-state index is 14.1. The van der Waals surface area contributed by atoms with Gasteiger partial charge in [-0.1, -0.05) is 53.4 Å². The van der Waals surface area contributed by atoms with Gasteiger partial charge < -0.3 is 32.3 Å². The Balaban J connectivity index is 1.97. The molecule has 2 amide bonds. The maximum atomic E-state index is 14.1. The van der Waals surface area contributed by atoms with E-state index in [0.29, 0.717) is 28.3 Å². The van der Waals surface area contributed by atoms with Crippen molar-refractivity contribution in [2.75, 3.05) is 7.11 Å². The lowest BCUT2D eigenvalue weighted by molar-refractivity contribution is -0.135. The molecule has 0 saturated carbocycles. The minimum atomic E-state index is -0.888. The number of carbonyl (C=O) groups is 2. The number of hydrogen-bond donors (Lipinski definition) is 5. The van der Waals surface area contributed by atoms with Crippen molar-refractivity contribution < 1.29 is 14.3 Å². The van der Waals surface area contributed by atoms with Gasteiger partial charge in [0.25, 0.3) is 0 Å². The summed E-state index contributed by atoms with van der Waals surface area (Å²) < 4.78 is 5.50. The largest absolute Gasteiger partial charge is 0.496 e. The summed E-state index contributed by atoms with van der Waals surface area (Å²) in [4.78, 5) is 31.6. The van der Waals surface area contributed by atoms with Crippen LogP contribution in [0.15, 0.2) is 88.9 Å². The van der Waals surface area contributed by atoms with Crippen LogP contribution in [0.4, 0.5) is 0 Å². The molecular weight excluding hydrogens is 570 g/mol. The molecule has 0 heterocycles. The van der Waals surface area contributed by atoms with Gasteiger partial charge in [-0.2, -0.15) is 0 Å². The van der Waals surface area contributed by atoms with Crippen molar-refractivity contribution in [3.8, 4) is 5.75 Å². The lowest BCUT2D eigenvalue weighted by Gasteiger charge is -2.32. The maximum Gasteiger partial charge on any atom is 0.248 e. The van der Waals surface area contributed by atoms with Crippen LogP contribution in [0.5, 0.6) is 5.75 Å². The normalized spacial score (nSPS) is 12.7. The van der Waals surface area contributed by atoms with Gasteiger partial charge in [-0.05, 0) is 80.4 Å². The molecule has 3 aromatic carbocycles. The van der Waals surface area contributed by atoms with Gasteiger partial charge in [0.2, 0.25) is 11.8 Å². The van der Waals surface area contributed by atoms with Crippen molar-refractivity contribution in [1.29, 1.82) is 0 Å². The SMILES string of the molecule is C=N/C(=C\NC(C)N(Cc1ccc(OC)c(C(=C)N/N=N\N)c1)C(=O)[C@@H](N)Cc1c(C)cc(C(N)=O)cc1C)c1ccccc1. The van der Waals surface area contributed by atoms with E-state index in [0.717, 1.165) is 27.8 Å². The third-order valence-corrected chi connectivity index (χ3v) is 7.36. The zero-order valence-electron chi connectivity index (χ0n) is 26.1. The fourth-order valence-electron chi connectivity index (χ4n) is 4.94. The van der Waals surface area contributed by atoms with Crippen molar-refractivity contribution in [1.82, 2.24) is 15.6 Å². The van der Waals surface area contributed by atoms with E-state index in [1.165, 1.54) is 0 Å². The highest BCUT2D eigenvalue weighted by Gasteiger charge is 2.27. The number of nitrogens with two attached hydrogens (primary N) is 3. The van der Waals surface area contributed by atoms with Crippen LogP contribution in [0.1, 0.15) is 50.7 Å². The van der Waals surface area contributed by atoms with E-state index in [9.17, 15) is 9.59 Å². The van der Waals surface area contributed by atoms with Crippen molar-refractivity contribution in [2.24, 2.45) is 32.7 Å². The van der Waals surface area contributed by atoms with Crippen LogP contribution >= 0.6 is 0 Å². The molecule has 0 bridgehead atoms. The minimum absolute atomic E-state index is 0.192. The first kappa shape index (κ1) is 34.0.